The van der Waals surface area contributed by atoms with Crippen molar-refractivity contribution in [3.63, 3.8) is 0 Å². The molecule has 1 fully saturated rings. The molecule has 138 valence electrons. The van der Waals surface area contributed by atoms with Crippen LogP contribution in [0.4, 0.5) is 18.9 Å². The van der Waals surface area contributed by atoms with Gasteiger partial charge in [-0.1, -0.05) is 30.3 Å². The smallest absolute Gasteiger partial charge is 0.241 e. The van der Waals surface area contributed by atoms with E-state index in [1.54, 1.807) is 4.90 Å². The molecule has 0 atom stereocenters. The maximum Gasteiger partial charge on any atom is 0.241 e. The maximum atomic E-state index is 13.6. The van der Waals surface area contributed by atoms with Crippen molar-refractivity contribution in [2.24, 2.45) is 0 Å². The molecule has 0 aliphatic carbocycles. The third-order valence-electron chi connectivity index (χ3n) is 4.44. The Hall–Kier alpha value is -2.54. The van der Waals surface area contributed by atoms with Crippen LogP contribution in [-0.4, -0.2) is 48.4 Å². The van der Waals surface area contributed by atoms with Crippen molar-refractivity contribution in [1.82, 2.24) is 9.80 Å². The van der Waals surface area contributed by atoms with Gasteiger partial charge in [0, 0.05) is 32.7 Å². The van der Waals surface area contributed by atoms with Crippen LogP contribution in [0.3, 0.4) is 0 Å². The van der Waals surface area contributed by atoms with Gasteiger partial charge in [-0.3, -0.25) is 9.69 Å². The monoisotopic (exact) mass is 363 g/mol. The van der Waals surface area contributed by atoms with Crippen molar-refractivity contribution in [3.05, 3.63) is 65.5 Å². The predicted molar refractivity (Wildman–Crippen MR) is 93.1 cm³/mol. The summed E-state index contributed by atoms with van der Waals surface area (Å²) in [4.78, 5) is 16.2. The standard InChI is InChI=1S/C19H20F3N3O/c20-15-6-7-16(19(22)18(15)21)23-12-17(26)25-10-8-24(9-11-25)13-14-4-2-1-3-5-14/h1-7,23H,8-13H2. The molecule has 0 saturated carbocycles. The zero-order valence-corrected chi connectivity index (χ0v) is 14.2. The fraction of sp³-hybridized carbons (Fsp3) is 0.316. The van der Waals surface area contributed by atoms with Gasteiger partial charge in [0.05, 0.1) is 12.2 Å². The van der Waals surface area contributed by atoms with Crippen molar-refractivity contribution < 1.29 is 18.0 Å². The van der Waals surface area contributed by atoms with Crippen LogP contribution in [0, 0.1) is 17.5 Å². The molecule has 3 rings (SSSR count). The zero-order chi connectivity index (χ0) is 18.5. The van der Waals surface area contributed by atoms with Crippen LogP contribution in [0.25, 0.3) is 0 Å². The Morgan fingerprint density at radius 2 is 1.62 bits per heavy atom. The van der Waals surface area contributed by atoms with E-state index in [1.165, 1.54) is 5.56 Å². The van der Waals surface area contributed by atoms with Gasteiger partial charge in [0.2, 0.25) is 5.91 Å². The number of carbonyl (C=O) groups is 1. The van der Waals surface area contributed by atoms with Crippen LogP contribution in [-0.2, 0) is 11.3 Å². The van der Waals surface area contributed by atoms with Gasteiger partial charge in [-0.25, -0.2) is 13.2 Å². The molecule has 2 aromatic carbocycles. The summed E-state index contributed by atoms with van der Waals surface area (Å²) in [5, 5.41) is 2.54. The molecule has 1 aliphatic rings. The van der Waals surface area contributed by atoms with E-state index in [0.29, 0.717) is 13.1 Å². The number of anilines is 1. The third-order valence-corrected chi connectivity index (χ3v) is 4.44. The highest BCUT2D eigenvalue weighted by molar-refractivity contribution is 5.81. The van der Waals surface area contributed by atoms with E-state index < -0.39 is 17.5 Å². The Morgan fingerprint density at radius 3 is 2.31 bits per heavy atom. The molecule has 4 nitrogen and oxygen atoms in total. The van der Waals surface area contributed by atoms with Crippen molar-refractivity contribution in [1.29, 1.82) is 0 Å². The molecule has 0 spiro atoms. The van der Waals surface area contributed by atoms with Gasteiger partial charge in [0.25, 0.3) is 0 Å². The van der Waals surface area contributed by atoms with Crippen molar-refractivity contribution >= 4 is 11.6 Å². The van der Waals surface area contributed by atoms with E-state index in [-0.39, 0.29) is 18.1 Å². The molecule has 1 aliphatic heterocycles. The molecule has 0 bridgehead atoms. The molecule has 1 amide bonds. The van der Waals surface area contributed by atoms with Crippen LogP contribution in [0.2, 0.25) is 0 Å². The van der Waals surface area contributed by atoms with Crippen molar-refractivity contribution in [2.45, 2.75) is 6.54 Å². The quantitative estimate of drug-likeness (QED) is 0.830. The Morgan fingerprint density at radius 1 is 0.923 bits per heavy atom. The number of hydrogen-bond donors (Lipinski definition) is 1. The minimum absolute atomic E-state index is 0.166. The number of nitrogens with one attached hydrogen (secondary N) is 1. The molecule has 7 heteroatoms. The lowest BCUT2D eigenvalue weighted by Crippen LogP contribution is -2.49. The Kier molecular flexibility index (Phi) is 5.78. The molecule has 1 heterocycles. The summed E-state index contributed by atoms with van der Waals surface area (Å²) in [7, 11) is 0. The van der Waals surface area contributed by atoms with E-state index in [9.17, 15) is 18.0 Å². The zero-order valence-electron chi connectivity index (χ0n) is 14.2. The van der Waals surface area contributed by atoms with Crippen LogP contribution in [0.15, 0.2) is 42.5 Å². The summed E-state index contributed by atoms with van der Waals surface area (Å²) in [6, 6.07) is 12.0. The first-order chi connectivity index (χ1) is 12.5. The molecule has 26 heavy (non-hydrogen) atoms. The van der Waals surface area contributed by atoms with Crippen LogP contribution in [0.5, 0.6) is 0 Å². The summed E-state index contributed by atoms with van der Waals surface area (Å²) in [6.07, 6.45) is 0. The number of rotatable bonds is 5. The highest BCUT2D eigenvalue weighted by Gasteiger charge is 2.21. The van der Waals surface area contributed by atoms with Crippen molar-refractivity contribution in [3.8, 4) is 0 Å². The summed E-state index contributed by atoms with van der Waals surface area (Å²) in [5.41, 5.74) is 1.00. The Balaban J connectivity index is 1.47. The van der Waals surface area contributed by atoms with Crippen molar-refractivity contribution in [2.75, 3.05) is 38.0 Å². The first kappa shape index (κ1) is 18.3. The first-order valence-corrected chi connectivity index (χ1v) is 8.46. The number of amides is 1. The van der Waals surface area contributed by atoms with E-state index in [4.69, 9.17) is 0 Å². The first-order valence-electron chi connectivity index (χ1n) is 8.46. The number of benzene rings is 2. The lowest BCUT2D eigenvalue weighted by atomic mass is 10.2. The van der Waals surface area contributed by atoms with E-state index >= 15 is 0 Å². The predicted octanol–water partition coefficient (Wildman–Crippen LogP) is 2.86. The summed E-state index contributed by atoms with van der Waals surface area (Å²) >= 11 is 0. The highest BCUT2D eigenvalue weighted by atomic mass is 19.2. The van der Waals surface area contributed by atoms with Gasteiger partial charge in [0.15, 0.2) is 17.5 Å². The molecular formula is C19H20F3N3O. The second-order valence-corrected chi connectivity index (χ2v) is 6.22. The van der Waals surface area contributed by atoms with Crippen LogP contribution < -0.4 is 5.32 Å². The Labute approximate surface area is 150 Å². The minimum atomic E-state index is -1.54. The number of halogens is 3. The molecule has 1 saturated heterocycles. The Bertz CT molecular complexity index is 762. The molecule has 0 aromatic heterocycles. The average molecular weight is 363 g/mol. The van der Waals surface area contributed by atoms with Gasteiger partial charge in [-0.05, 0) is 17.7 Å². The van der Waals surface area contributed by atoms with E-state index in [2.05, 4.69) is 22.3 Å². The average Bonchev–Trinajstić information content (AvgIpc) is 2.67. The molecular weight excluding hydrogens is 343 g/mol. The normalized spacial score (nSPS) is 15.1. The highest BCUT2D eigenvalue weighted by Crippen LogP contribution is 2.19. The van der Waals surface area contributed by atoms with E-state index in [0.717, 1.165) is 31.8 Å². The van der Waals surface area contributed by atoms with Gasteiger partial charge in [0.1, 0.15) is 0 Å². The lowest BCUT2D eigenvalue weighted by Gasteiger charge is -2.34. The largest absolute Gasteiger partial charge is 0.374 e. The maximum absolute atomic E-state index is 13.6. The topological polar surface area (TPSA) is 35.6 Å². The summed E-state index contributed by atoms with van der Waals surface area (Å²) in [6.45, 7) is 3.32. The van der Waals surface area contributed by atoms with Gasteiger partial charge >= 0.3 is 0 Å². The number of hydrogen-bond acceptors (Lipinski definition) is 3. The van der Waals surface area contributed by atoms with Crippen LogP contribution >= 0.6 is 0 Å². The SMILES string of the molecule is O=C(CNc1ccc(F)c(F)c1F)N1CCN(Cc2ccccc2)CC1. The minimum Gasteiger partial charge on any atom is -0.374 e. The fourth-order valence-electron chi connectivity index (χ4n) is 2.94. The van der Waals surface area contributed by atoms with Gasteiger partial charge < -0.3 is 10.2 Å². The summed E-state index contributed by atoms with van der Waals surface area (Å²) in [5.74, 6) is -4.31. The number of piperazine rings is 1. The molecule has 2 aromatic rings. The number of carbonyl (C=O) groups excluding carboxylic acids is 1. The third kappa shape index (κ3) is 4.35. The lowest BCUT2D eigenvalue weighted by molar-refractivity contribution is -0.131. The molecule has 1 N–H and O–H groups in total. The van der Waals surface area contributed by atoms with E-state index in [1.807, 2.05) is 18.2 Å². The van der Waals surface area contributed by atoms with Crippen LogP contribution in [0.1, 0.15) is 5.56 Å². The second-order valence-electron chi connectivity index (χ2n) is 6.22. The second kappa shape index (κ2) is 8.23. The number of nitrogens with zero attached hydrogens (tertiary/aromatic N) is 2. The fourth-order valence-corrected chi connectivity index (χ4v) is 2.94. The van der Waals surface area contributed by atoms with Gasteiger partial charge in [-0.2, -0.15) is 0 Å². The van der Waals surface area contributed by atoms with Gasteiger partial charge in [-0.15, -0.1) is 0 Å². The molecule has 0 radical (unpaired) electrons. The molecule has 0 unspecified atom stereocenters. The summed E-state index contributed by atoms with van der Waals surface area (Å²) < 4.78 is 39.7.